The van der Waals surface area contributed by atoms with Crippen molar-refractivity contribution in [3.8, 4) is 11.1 Å². The molecule has 0 fully saturated rings. The average molecular weight is 291 g/mol. The van der Waals surface area contributed by atoms with E-state index in [0.29, 0.717) is 5.92 Å². The van der Waals surface area contributed by atoms with Crippen molar-refractivity contribution < 1.29 is 0 Å². The predicted octanol–water partition coefficient (Wildman–Crippen LogP) is 4.34. The molecule has 0 unspecified atom stereocenters. The molecule has 0 aliphatic rings. The second-order valence-corrected chi connectivity index (χ2v) is 5.22. The SMILES string of the molecule is Cc1nc(C(C)C)ncc1-c1ccccc1Br. The van der Waals surface area contributed by atoms with E-state index in [-0.39, 0.29) is 0 Å². The van der Waals surface area contributed by atoms with E-state index in [9.17, 15) is 0 Å². The third-order valence-corrected chi connectivity index (χ3v) is 3.37. The monoisotopic (exact) mass is 290 g/mol. The van der Waals surface area contributed by atoms with E-state index < -0.39 is 0 Å². The van der Waals surface area contributed by atoms with Gasteiger partial charge >= 0.3 is 0 Å². The third kappa shape index (κ3) is 2.55. The van der Waals surface area contributed by atoms with Gasteiger partial charge in [-0.3, -0.25) is 0 Å². The zero-order chi connectivity index (χ0) is 12.4. The highest BCUT2D eigenvalue weighted by Crippen LogP contribution is 2.29. The Morgan fingerprint density at radius 3 is 2.41 bits per heavy atom. The van der Waals surface area contributed by atoms with Crippen LogP contribution in [0.1, 0.15) is 31.3 Å². The van der Waals surface area contributed by atoms with Crippen LogP contribution in [0.4, 0.5) is 0 Å². The van der Waals surface area contributed by atoms with E-state index in [1.807, 2.05) is 31.3 Å². The summed E-state index contributed by atoms with van der Waals surface area (Å²) in [4.78, 5) is 8.98. The number of halogens is 1. The van der Waals surface area contributed by atoms with Crippen molar-refractivity contribution in [1.29, 1.82) is 0 Å². The Hall–Kier alpha value is -1.22. The lowest BCUT2D eigenvalue weighted by atomic mass is 10.1. The number of rotatable bonds is 2. The zero-order valence-corrected chi connectivity index (χ0v) is 11.8. The fourth-order valence-electron chi connectivity index (χ4n) is 1.71. The second-order valence-electron chi connectivity index (χ2n) is 4.36. The Morgan fingerprint density at radius 1 is 1.12 bits per heavy atom. The first-order valence-corrected chi connectivity index (χ1v) is 6.47. The lowest BCUT2D eigenvalue weighted by Gasteiger charge is -2.10. The van der Waals surface area contributed by atoms with Gasteiger partial charge in [0.2, 0.25) is 0 Å². The number of aromatic nitrogens is 2. The summed E-state index contributed by atoms with van der Waals surface area (Å²) in [5.74, 6) is 1.26. The van der Waals surface area contributed by atoms with Crippen LogP contribution in [-0.4, -0.2) is 9.97 Å². The molecular formula is C14H15BrN2. The van der Waals surface area contributed by atoms with Crippen LogP contribution in [0.2, 0.25) is 0 Å². The fourth-order valence-corrected chi connectivity index (χ4v) is 2.21. The van der Waals surface area contributed by atoms with Crippen LogP contribution in [0.25, 0.3) is 11.1 Å². The van der Waals surface area contributed by atoms with Gasteiger partial charge in [0, 0.05) is 27.8 Å². The molecule has 1 aromatic heterocycles. The van der Waals surface area contributed by atoms with Crippen LogP contribution in [-0.2, 0) is 0 Å². The third-order valence-electron chi connectivity index (χ3n) is 2.68. The summed E-state index contributed by atoms with van der Waals surface area (Å²) in [6.45, 7) is 6.24. The van der Waals surface area contributed by atoms with Crippen molar-refractivity contribution in [2.45, 2.75) is 26.7 Å². The minimum absolute atomic E-state index is 0.363. The smallest absolute Gasteiger partial charge is 0.131 e. The highest BCUT2D eigenvalue weighted by molar-refractivity contribution is 9.10. The van der Waals surface area contributed by atoms with Gasteiger partial charge in [-0.1, -0.05) is 48.0 Å². The van der Waals surface area contributed by atoms with Gasteiger partial charge in [0.15, 0.2) is 0 Å². The summed E-state index contributed by atoms with van der Waals surface area (Å²) < 4.78 is 1.07. The Balaban J connectivity index is 2.51. The Bertz CT molecular complexity index is 535. The van der Waals surface area contributed by atoms with Crippen molar-refractivity contribution in [3.05, 3.63) is 46.5 Å². The molecule has 2 rings (SSSR count). The van der Waals surface area contributed by atoms with Crippen molar-refractivity contribution in [2.24, 2.45) is 0 Å². The van der Waals surface area contributed by atoms with E-state index in [2.05, 4.69) is 45.8 Å². The molecule has 0 radical (unpaired) electrons. The van der Waals surface area contributed by atoms with E-state index in [1.54, 1.807) is 0 Å². The summed E-state index contributed by atoms with van der Waals surface area (Å²) in [5.41, 5.74) is 3.25. The summed E-state index contributed by atoms with van der Waals surface area (Å²) in [7, 11) is 0. The fraction of sp³-hybridized carbons (Fsp3) is 0.286. The van der Waals surface area contributed by atoms with E-state index >= 15 is 0 Å². The lowest BCUT2D eigenvalue weighted by Crippen LogP contribution is -2.00. The van der Waals surface area contributed by atoms with E-state index in [4.69, 9.17) is 0 Å². The molecule has 2 nitrogen and oxygen atoms in total. The molecule has 0 aliphatic carbocycles. The topological polar surface area (TPSA) is 25.8 Å². The van der Waals surface area contributed by atoms with Gasteiger partial charge in [0.1, 0.15) is 5.82 Å². The maximum absolute atomic E-state index is 4.56. The standard InChI is InChI=1S/C14H15BrN2/c1-9(2)14-16-8-12(10(3)17-14)11-6-4-5-7-13(11)15/h4-9H,1-3H3. The van der Waals surface area contributed by atoms with Crippen LogP contribution < -0.4 is 0 Å². The molecule has 0 amide bonds. The first-order valence-electron chi connectivity index (χ1n) is 5.68. The first-order chi connectivity index (χ1) is 8.09. The van der Waals surface area contributed by atoms with Gasteiger partial charge in [-0.2, -0.15) is 0 Å². The van der Waals surface area contributed by atoms with Crippen LogP contribution in [0.5, 0.6) is 0 Å². The van der Waals surface area contributed by atoms with Crippen LogP contribution in [0, 0.1) is 6.92 Å². The van der Waals surface area contributed by atoms with Crippen LogP contribution in [0.3, 0.4) is 0 Å². The molecule has 1 heterocycles. The lowest BCUT2D eigenvalue weighted by molar-refractivity contribution is 0.767. The van der Waals surface area contributed by atoms with E-state index in [0.717, 1.165) is 27.1 Å². The molecule has 0 saturated carbocycles. The number of hydrogen-bond acceptors (Lipinski definition) is 2. The van der Waals surface area contributed by atoms with E-state index in [1.165, 1.54) is 0 Å². The maximum atomic E-state index is 4.56. The summed E-state index contributed by atoms with van der Waals surface area (Å²) in [6, 6.07) is 8.14. The molecule has 17 heavy (non-hydrogen) atoms. The van der Waals surface area contributed by atoms with Gasteiger partial charge in [-0.05, 0) is 18.6 Å². The largest absolute Gasteiger partial charge is 0.240 e. The molecule has 0 N–H and O–H groups in total. The quantitative estimate of drug-likeness (QED) is 0.822. The van der Waals surface area contributed by atoms with Gasteiger partial charge in [-0.25, -0.2) is 9.97 Å². The molecule has 1 aromatic carbocycles. The van der Waals surface area contributed by atoms with Gasteiger partial charge in [-0.15, -0.1) is 0 Å². The minimum Gasteiger partial charge on any atom is -0.240 e. The molecular weight excluding hydrogens is 276 g/mol. The Kier molecular flexibility index (Phi) is 3.57. The molecule has 3 heteroatoms. The molecule has 88 valence electrons. The maximum Gasteiger partial charge on any atom is 0.131 e. The Morgan fingerprint density at radius 2 is 1.82 bits per heavy atom. The summed E-state index contributed by atoms with van der Waals surface area (Å²) in [6.07, 6.45) is 1.91. The number of hydrogen-bond donors (Lipinski definition) is 0. The average Bonchev–Trinajstić information content (AvgIpc) is 2.30. The molecule has 0 bridgehead atoms. The Labute approximate surface area is 110 Å². The second kappa shape index (κ2) is 4.96. The minimum atomic E-state index is 0.363. The highest BCUT2D eigenvalue weighted by atomic mass is 79.9. The number of benzene rings is 1. The zero-order valence-electron chi connectivity index (χ0n) is 10.2. The van der Waals surface area contributed by atoms with Crippen molar-refractivity contribution >= 4 is 15.9 Å². The molecule has 0 saturated heterocycles. The van der Waals surface area contributed by atoms with Gasteiger partial charge < -0.3 is 0 Å². The van der Waals surface area contributed by atoms with Crippen LogP contribution >= 0.6 is 15.9 Å². The first kappa shape index (κ1) is 12.2. The normalized spacial score (nSPS) is 10.9. The molecule has 0 spiro atoms. The van der Waals surface area contributed by atoms with Gasteiger partial charge in [0.25, 0.3) is 0 Å². The van der Waals surface area contributed by atoms with Crippen molar-refractivity contribution in [1.82, 2.24) is 9.97 Å². The van der Waals surface area contributed by atoms with Gasteiger partial charge in [0.05, 0.1) is 0 Å². The number of nitrogens with zero attached hydrogens (tertiary/aromatic N) is 2. The summed E-state index contributed by atoms with van der Waals surface area (Å²) >= 11 is 3.56. The molecule has 0 aliphatic heterocycles. The van der Waals surface area contributed by atoms with Crippen molar-refractivity contribution in [2.75, 3.05) is 0 Å². The van der Waals surface area contributed by atoms with Crippen molar-refractivity contribution in [3.63, 3.8) is 0 Å². The summed E-state index contributed by atoms with van der Waals surface area (Å²) in [5, 5.41) is 0. The molecule has 0 atom stereocenters. The number of aryl methyl sites for hydroxylation is 1. The predicted molar refractivity (Wildman–Crippen MR) is 74.0 cm³/mol. The van der Waals surface area contributed by atoms with Crippen LogP contribution in [0.15, 0.2) is 34.9 Å². The molecule has 2 aromatic rings. The highest BCUT2D eigenvalue weighted by Gasteiger charge is 2.09.